The lowest BCUT2D eigenvalue weighted by molar-refractivity contribution is -0.141. The molecule has 1 aliphatic rings. The summed E-state index contributed by atoms with van der Waals surface area (Å²) in [6, 6.07) is 0.0790. The molecule has 1 fully saturated rings. The Morgan fingerprint density at radius 1 is 1.53 bits per heavy atom. The molecule has 0 heterocycles. The van der Waals surface area contributed by atoms with Gasteiger partial charge in [-0.3, -0.25) is 9.69 Å². The normalized spacial score (nSPS) is 20.7. The molecule has 0 aliphatic heterocycles. The lowest BCUT2D eigenvalue weighted by atomic mass is 9.81. The van der Waals surface area contributed by atoms with Crippen LogP contribution in [0.2, 0.25) is 0 Å². The molecule has 0 unspecified atom stereocenters. The number of hydrogen-bond donors (Lipinski definition) is 1. The van der Waals surface area contributed by atoms with E-state index in [9.17, 15) is 13.6 Å². The SMILES string of the molecule is CC(C)N(CC(=O)O)CC1CC(F)(F)C1. The van der Waals surface area contributed by atoms with Gasteiger partial charge in [0.1, 0.15) is 0 Å². The van der Waals surface area contributed by atoms with E-state index in [1.54, 1.807) is 4.90 Å². The molecule has 1 rings (SSSR count). The van der Waals surface area contributed by atoms with Crippen LogP contribution in [0.3, 0.4) is 0 Å². The first-order valence-corrected chi connectivity index (χ1v) is 5.14. The summed E-state index contributed by atoms with van der Waals surface area (Å²) in [6.45, 7) is 4.14. The number of carbonyl (C=O) groups is 1. The molecule has 1 aliphatic carbocycles. The van der Waals surface area contributed by atoms with E-state index in [1.165, 1.54) is 0 Å². The molecule has 0 bridgehead atoms. The maximum Gasteiger partial charge on any atom is 0.317 e. The quantitative estimate of drug-likeness (QED) is 0.770. The Bertz CT molecular complexity index is 236. The first-order chi connectivity index (χ1) is 6.80. The number of halogens is 2. The molecule has 0 aromatic rings. The molecule has 0 saturated heterocycles. The van der Waals surface area contributed by atoms with E-state index in [2.05, 4.69) is 0 Å². The Hall–Kier alpha value is -0.710. The Kier molecular flexibility index (Phi) is 3.65. The van der Waals surface area contributed by atoms with Gasteiger partial charge in [0.15, 0.2) is 0 Å². The summed E-state index contributed by atoms with van der Waals surface area (Å²) in [5.74, 6) is -3.48. The predicted molar refractivity (Wildman–Crippen MR) is 52.0 cm³/mol. The number of nitrogens with zero attached hydrogens (tertiary/aromatic N) is 1. The molecular formula is C10H17F2NO2. The van der Waals surface area contributed by atoms with Gasteiger partial charge in [-0.05, 0) is 19.8 Å². The third kappa shape index (κ3) is 3.74. The third-order valence-electron chi connectivity index (χ3n) is 2.74. The molecule has 0 aromatic heterocycles. The van der Waals surface area contributed by atoms with Gasteiger partial charge in [-0.15, -0.1) is 0 Å². The summed E-state index contributed by atoms with van der Waals surface area (Å²) in [7, 11) is 0. The molecule has 0 atom stereocenters. The van der Waals surface area contributed by atoms with Crippen LogP contribution in [0, 0.1) is 5.92 Å². The van der Waals surface area contributed by atoms with Gasteiger partial charge in [0.2, 0.25) is 5.92 Å². The molecule has 5 heteroatoms. The van der Waals surface area contributed by atoms with Crippen LogP contribution in [-0.4, -0.2) is 41.0 Å². The van der Waals surface area contributed by atoms with Crippen molar-refractivity contribution in [2.24, 2.45) is 5.92 Å². The molecule has 0 amide bonds. The maximum atomic E-state index is 12.6. The summed E-state index contributed by atoms with van der Waals surface area (Å²) in [6.07, 6.45) is -0.203. The Morgan fingerprint density at radius 3 is 2.40 bits per heavy atom. The van der Waals surface area contributed by atoms with Crippen LogP contribution < -0.4 is 0 Å². The summed E-state index contributed by atoms with van der Waals surface area (Å²) in [5, 5.41) is 8.65. The van der Waals surface area contributed by atoms with Gasteiger partial charge in [0.25, 0.3) is 0 Å². The highest BCUT2D eigenvalue weighted by atomic mass is 19.3. The molecule has 0 aromatic carbocycles. The summed E-state index contributed by atoms with van der Waals surface area (Å²) in [4.78, 5) is 12.3. The van der Waals surface area contributed by atoms with Crippen molar-refractivity contribution in [3.05, 3.63) is 0 Å². The van der Waals surface area contributed by atoms with Crippen molar-refractivity contribution < 1.29 is 18.7 Å². The van der Waals surface area contributed by atoms with Gasteiger partial charge >= 0.3 is 5.97 Å². The monoisotopic (exact) mass is 221 g/mol. The smallest absolute Gasteiger partial charge is 0.317 e. The van der Waals surface area contributed by atoms with Gasteiger partial charge in [0.05, 0.1) is 6.54 Å². The van der Waals surface area contributed by atoms with Crippen LogP contribution >= 0.6 is 0 Å². The Balaban J connectivity index is 2.36. The summed E-state index contributed by atoms with van der Waals surface area (Å²) in [5.41, 5.74) is 0. The minimum Gasteiger partial charge on any atom is -0.480 e. The van der Waals surface area contributed by atoms with E-state index in [1.807, 2.05) is 13.8 Å². The number of rotatable bonds is 5. The second kappa shape index (κ2) is 4.43. The van der Waals surface area contributed by atoms with Crippen molar-refractivity contribution in [3.63, 3.8) is 0 Å². The summed E-state index contributed by atoms with van der Waals surface area (Å²) < 4.78 is 25.1. The van der Waals surface area contributed by atoms with Crippen LogP contribution in [0.5, 0.6) is 0 Å². The number of aliphatic carboxylic acids is 1. The molecule has 88 valence electrons. The maximum absolute atomic E-state index is 12.6. The largest absolute Gasteiger partial charge is 0.480 e. The van der Waals surface area contributed by atoms with Gasteiger partial charge < -0.3 is 5.11 Å². The molecule has 3 nitrogen and oxygen atoms in total. The zero-order valence-electron chi connectivity index (χ0n) is 9.04. The van der Waals surface area contributed by atoms with Crippen molar-refractivity contribution in [2.45, 2.75) is 38.7 Å². The zero-order valence-corrected chi connectivity index (χ0v) is 9.04. The Labute approximate surface area is 88.1 Å². The first-order valence-electron chi connectivity index (χ1n) is 5.14. The minimum absolute atomic E-state index is 0.0539. The van der Waals surface area contributed by atoms with Crippen molar-refractivity contribution in [2.75, 3.05) is 13.1 Å². The van der Waals surface area contributed by atoms with E-state index in [0.29, 0.717) is 6.54 Å². The van der Waals surface area contributed by atoms with Crippen molar-refractivity contribution in [1.82, 2.24) is 4.90 Å². The van der Waals surface area contributed by atoms with Crippen LogP contribution in [0.15, 0.2) is 0 Å². The van der Waals surface area contributed by atoms with Crippen molar-refractivity contribution >= 4 is 5.97 Å². The number of carboxylic acid groups (broad SMARTS) is 1. The van der Waals surface area contributed by atoms with E-state index in [-0.39, 0.29) is 31.3 Å². The fraction of sp³-hybridized carbons (Fsp3) is 0.900. The number of carboxylic acids is 1. The molecule has 1 saturated carbocycles. The lowest BCUT2D eigenvalue weighted by Gasteiger charge is -2.39. The number of hydrogen-bond acceptors (Lipinski definition) is 2. The fourth-order valence-electron chi connectivity index (χ4n) is 1.88. The Morgan fingerprint density at radius 2 is 2.07 bits per heavy atom. The lowest BCUT2D eigenvalue weighted by Crippen LogP contribution is -2.46. The highest BCUT2D eigenvalue weighted by molar-refractivity contribution is 5.69. The van der Waals surface area contributed by atoms with E-state index >= 15 is 0 Å². The first kappa shape index (κ1) is 12.4. The molecule has 0 spiro atoms. The second-order valence-electron chi connectivity index (χ2n) is 4.55. The summed E-state index contributed by atoms with van der Waals surface area (Å²) >= 11 is 0. The minimum atomic E-state index is -2.52. The van der Waals surface area contributed by atoms with Gasteiger partial charge in [0, 0.05) is 25.4 Å². The van der Waals surface area contributed by atoms with E-state index in [0.717, 1.165) is 0 Å². The second-order valence-corrected chi connectivity index (χ2v) is 4.55. The van der Waals surface area contributed by atoms with Crippen molar-refractivity contribution in [1.29, 1.82) is 0 Å². The van der Waals surface area contributed by atoms with E-state index in [4.69, 9.17) is 5.11 Å². The van der Waals surface area contributed by atoms with Crippen LogP contribution in [0.25, 0.3) is 0 Å². The van der Waals surface area contributed by atoms with Crippen molar-refractivity contribution in [3.8, 4) is 0 Å². The fourth-order valence-corrected chi connectivity index (χ4v) is 1.88. The average Bonchev–Trinajstić information content (AvgIpc) is 1.98. The topological polar surface area (TPSA) is 40.5 Å². The third-order valence-corrected chi connectivity index (χ3v) is 2.74. The van der Waals surface area contributed by atoms with Gasteiger partial charge in [-0.2, -0.15) is 0 Å². The van der Waals surface area contributed by atoms with Gasteiger partial charge in [-0.25, -0.2) is 8.78 Å². The van der Waals surface area contributed by atoms with Crippen LogP contribution in [-0.2, 0) is 4.79 Å². The van der Waals surface area contributed by atoms with Crippen LogP contribution in [0.4, 0.5) is 8.78 Å². The standard InChI is InChI=1S/C10H17F2NO2/c1-7(2)13(6-9(14)15)5-8-3-10(11,12)4-8/h7-8H,3-6H2,1-2H3,(H,14,15). The highest BCUT2D eigenvalue weighted by Gasteiger charge is 2.45. The predicted octanol–water partition coefficient (Wildman–Crippen LogP) is 1.83. The highest BCUT2D eigenvalue weighted by Crippen LogP contribution is 2.42. The molecule has 15 heavy (non-hydrogen) atoms. The molecule has 0 radical (unpaired) electrons. The number of alkyl halides is 2. The average molecular weight is 221 g/mol. The molecular weight excluding hydrogens is 204 g/mol. The zero-order chi connectivity index (χ0) is 11.6. The molecule has 1 N–H and O–H groups in total. The van der Waals surface area contributed by atoms with E-state index < -0.39 is 11.9 Å². The van der Waals surface area contributed by atoms with Gasteiger partial charge in [-0.1, -0.05) is 0 Å². The van der Waals surface area contributed by atoms with Crippen LogP contribution in [0.1, 0.15) is 26.7 Å².